The van der Waals surface area contributed by atoms with Gasteiger partial charge in [-0.15, -0.1) is 0 Å². The zero-order chi connectivity index (χ0) is 10.8. The van der Waals surface area contributed by atoms with E-state index in [-0.39, 0.29) is 25.5 Å². The number of carbonyl (C=O) groups is 2. The van der Waals surface area contributed by atoms with Crippen molar-refractivity contribution in [1.29, 1.82) is 0 Å². The fourth-order valence-electron chi connectivity index (χ4n) is 0.677. The minimum atomic E-state index is -0.404. The number of rotatable bonds is 7. The van der Waals surface area contributed by atoms with Gasteiger partial charge in [-0.2, -0.15) is 0 Å². The standard InChI is InChI=1S/C8H14N3O3/c1-2-9-5-7(13)11-6-8(14)10-3-4-12/h9H,2-3,5-6H2,1H3,(H,10,14)(H,11,13). The Hall–Kier alpha value is -1.43. The van der Waals surface area contributed by atoms with Gasteiger partial charge < -0.3 is 16.0 Å². The molecule has 0 heterocycles. The Balaban J connectivity index is 3.45. The first-order chi connectivity index (χ1) is 6.70. The highest BCUT2D eigenvalue weighted by Gasteiger charge is 2.03. The number of likely N-dealkylation sites (N-methyl/N-ethyl adjacent to an activating group) is 1. The van der Waals surface area contributed by atoms with Crippen molar-refractivity contribution in [2.75, 3.05) is 26.2 Å². The summed E-state index contributed by atoms with van der Waals surface area (Å²) in [4.78, 5) is 31.6. The zero-order valence-corrected chi connectivity index (χ0v) is 8.05. The highest BCUT2D eigenvalue weighted by atomic mass is 16.2. The van der Waals surface area contributed by atoms with E-state index in [0.717, 1.165) is 0 Å². The van der Waals surface area contributed by atoms with Crippen molar-refractivity contribution in [1.82, 2.24) is 16.0 Å². The molecule has 79 valence electrons. The third-order valence-electron chi connectivity index (χ3n) is 1.34. The molecule has 1 radical (unpaired) electrons. The summed E-state index contributed by atoms with van der Waals surface area (Å²) in [7, 11) is 0. The molecule has 0 saturated carbocycles. The van der Waals surface area contributed by atoms with Gasteiger partial charge in [0.1, 0.15) is 0 Å². The topological polar surface area (TPSA) is 87.3 Å². The van der Waals surface area contributed by atoms with Crippen LogP contribution in [0.15, 0.2) is 0 Å². The predicted octanol–water partition coefficient (Wildman–Crippen LogP) is -2.06. The second kappa shape index (κ2) is 8.18. The van der Waals surface area contributed by atoms with Gasteiger partial charge in [0.25, 0.3) is 0 Å². The molecular formula is C8H14N3O3. The summed E-state index contributed by atoms with van der Waals surface area (Å²) in [5.74, 6) is -0.657. The molecule has 6 nitrogen and oxygen atoms in total. The van der Waals surface area contributed by atoms with E-state index in [9.17, 15) is 14.4 Å². The van der Waals surface area contributed by atoms with E-state index in [4.69, 9.17) is 0 Å². The SMILES string of the molecule is CCNCC(=O)NCC(=O)NC[C]=O. The van der Waals surface area contributed by atoms with Gasteiger partial charge in [-0.1, -0.05) is 6.92 Å². The molecular weight excluding hydrogens is 186 g/mol. The van der Waals surface area contributed by atoms with Crippen LogP contribution in [-0.2, 0) is 14.4 Å². The van der Waals surface area contributed by atoms with Crippen LogP contribution >= 0.6 is 0 Å². The van der Waals surface area contributed by atoms with E-state index in [1.807, 2.05) is 6.92 Å². The molecule has 0 aromatic carbocycles. The van der Waals surface area contributed by atoms with Crippen molar-refractivity contribution in [3.8, 4) is 0 Å². The first-order valence-corrected chi connectivity index (χ1v) is 4.29. The van der Waals surface area contributed by atoms with Gasteiger partial charge in [-0.05, 0) is 6.54 Å². The summed E-state index contributed by atoms with van der Waals surface area (Å²) in [6, 6.07) is 0. The summed E-state index contributed by atoms with van der Waals surface area (Å²) in [5.41, 5.74) is 0. The Morgan fingerprint density at radius 1 is 1.14 bits per heavy atom. The summed E-state index contributed by atoms with van der Waals surface area (Å²) in [5, 5.41) is 7.44. The van der Waals surface area contributed by atoms with Gasteiger partial charge in [-0.3, -0.25) is 14.4 Å². The molecule has 14 heavy (non-hydrogen) atoms. The van der Waals surface area contributed by atoms with Gasteiger partial charge >= 0.3 is 0 Å². The summed E-state index contributed by atoms with van der Waals surface area (Å²) < 4.78 is 0. The van der Waals surface area contributed by atoms with Crippen molar-refractivity contribution in [3.63, 3.8) is 0 Å². The largest absolute Gasteiger partial charge is 0.347 e. The molecule has 0 unspecified atom stereocenters. The monoisotopic (exact) mass is 200 g/mol. The van der Waals surface area contributed by atoms with Crippen LogP contribution in [0.5, 0.6) is 0 Å². The Morgan fingerprint density at radius 2 is 1.79 bits per heavy atom. The van der Waals surface area contributed by atoms with Crippen molar-refractivity contribution in [3.05, 3.63) is 0 Å². The molecule has 2 amide bonds. The number of amides is 2. The maximum atomic E-state index is 10.9. The third-order valence-corrected chi connectivity index (χ3v) is 1.34. The molecule has 0 saturated heterocycles. The highest BCUT2D eigenvalue weighted by molar-refractivity contribution is 5.86. The molecule has 0 atom stereocenters. The highest BCUT2D eigenvalue weighted by Crippen LogP contribution is 1.66. The second-order valence-electron chi connectivity index (χ2n) is 2.48. The number of nitrogens with one attached hydrogen (secondary N) is 3. The Bertz CT molecular complexity index is 206. The summed E-state index contributed by atoms with van der Waals surface area (Å²) in [6.45, 7) is 2.48. The molecule has 0 aliphatic carbocycles. The van der Waals surface area contributed by atoms with E-state index < -0.39 is 5.91 Å². The van der Waals surface area contributed by atoms with Crippen molar-refractivity contribution < 1.29 is 14.4 Å². The Kier molecular flexibility index (Phi) is 7.35. The third kappa shape index (κ3) is 7.23. The molecule has 0 aromatic rings. The molecule has 0 fully saturated rings. The number of hydrogen-bond donors (Lipinski definition) is 3. The van der Waals surface area contributed by atoms with Gasteiger partial charge in [0, 0.05) is 0 Å². The number of hydrogen-bond acceptors (Lipinski definition) is 4. The van der Waals surface area contributed by atoms with Crippen LogP contribution in [0, 0.1) is 0 Å². The lowest BCUT2D eigenvalue weighted by atomic mass is 10.5. The minimum absolute atomic E-state index is 0.119. The first-order valence-electron chi connectivity index (χ1n) is 4.29. The van der Waals surface area contributed by atoms with Gasteiger partial charge in [-0.25, -0.2) is 0 Å². The van der Waals surface area contributed by atoms with E-state index >= 15 is 0 Å². The van der Waals surface area contributed by atoms with Crippen LogP contribution in [-0.4, -0.2) is 44.3 Å². The lowest BCUT2D eigenvalue weighted by Crippen LogP contribution is -2.41. The Morgan fingerprint density at radius 3 is 2.36 bits per heavy atom. The van der Waals surface area contributed by atoms with Gasteiger partial charge in [0.05, 0.1) is 19.6 Å². The maximum absolute atomic E-state index is 10.9. The molecule has 0 aliphatic heterocycles. The molecule has 0 spiro atoms. The van der Waals surface area contributed by atoms with Crippen LogP contribution in [0.1, 0.15) is 6.92 Å². The van der Waals surface area contributed by atoms with Crippen LogP contribution in [0.2, 0.25) is 0 Å². The molecule has 3 N–H and O–H groups in total. The fraction of sp³-hybridized carbons (Fsp3) is 0.625. The molecule has 0 aliphatic rings. The molecule has 6 heteroatoms. The van der Waals surface area contributed by atoms with Crippen LogP contribution in [0.25, 0.3) is 0 Å². The lowest BCUT2D eigenvalue weighted by Gasteiger charge is -2.04. The average Bonchev–Trinajstić information content (AvgIpc) is 2.20. The average molecular weight is 200 g/mol. The van der Waals surface area contributed by atoms with Crippen LogP contribution in [0.4, 0.5) is 0 Å². The van der Waals surface area contributed by atoms with Crippen molar-refractivity contribution in [2.24, 2.45) is 0 Å². The summed E-state index contributed by atoms with van der Waals surface area (Å²) in [6.07, 6.45) is 1.51. The van der Waals surface area contributed by atoms with E-state index in [2.05, 4.69) is 16.0 Å². The lowest BCUT2D eigenvalue weighted by molar-refractivity contribution is -0.125. The van der Waals surface area contributed by atoms with E-state index in [1.54, 1.807) is 0 Å². The molecule has 0 aromatic heterocycles. The van der Waals surface area contributed by atoms with Gasteiger partial charge in [0.2, 0.25) is 18.1 Å². The normalized spacial score (nSPS) is 9.21. The smallest absolute Gasteiger partial charge is 0.239 e. The maximum Gasteiger partial charge on any atom is 0.239 e. The van der Waals surface area contributed by atoms with Crippen molar-refractivity contribution >= 4 is 18.1 Å². The van der Waals surface area contributed by atoms with Gasteiger partial charge in [0.15, 0.2) is 0 Å². The first kappa shape index (κ1) is 12.6. The van der Waals surface area contributed by atoms with E-state index in [1.165, 1.54) is 6.29 Å². The second-order valence-corrected chi connectivity index (χ2v) is 2.48. The minimum Gasteiger partial charge on any atom is -0.347 e. The number of carbonyl (C=O) groups excluding carboxylic acids is 3. The molecule has 0 bridgehead atoms. The quantitative estimate of drug-likeness (QED) is 0.441. The van der Waals surface area contributed by atoms with Crippen LogP contribution < -0.4 is 16.0 Å². The molecule has 0 rings (SSSR count). The van der Waals surface area contributed by atoms with E-state index in [0.29, 0.717) is 6.54 Å². The van der Waals surface area contributed by atoms with Crippen molar-refractivity contribution in [2.45, 2.75) is 6.92 Å². The zero-order valence-electron chi connectivity index (χ0n) is 8.05. The van der Waals surface area contributed by atoms with Crippen LogP contribution in [0.3, 0.4) is 0 Å². The Labute approximate surface area is 82.4 Å². The summed E-state index contributed by atoms with van der Waals surface area (Å²) >= 11 is 0. The fourth-order valence-corrected chi connectivity index (χ4v) is 0.677. The predicted molar refractivity (Wildman–Crippen MR) is 50.3 cm³/mol.